The van der Waals surface area contributed by atoms with E-state index in [1.165, 1.54) is 0 Å². The summed E-state index contributed by atoms with van der Waals surface area (Å²) in [5.41, 5.74) is 0.904. The molecule has 19 heavy (non-hydrogen) atoms. The van der Waals surface area contributed by atoms with Gasteiger partial charge < -0.3 is 4.74 Å². The maximum absolute atomic E-state index is 11.9. The van der Waals surface area contributed by atoms with Gasteiger partial charge in [-0.05, 0) is 18.6 Å². The quantitative estimate of drug-likeness (QED) is 0.764. The topological polar surface area (TPSA) is 49.9 Å². The molecule has 0 radical (unpaired) electrons. The molecule has 0 unspecified atom stereocenters. The van der Waals surface area contributed by atoms with Crippen LogP contribution in [0.5, 0.6) is 0 Å². The molecule has 1 aromatic rings. The maximum Gasteiger partial charge on any atom is 0.432 e. The first-order valence-corrected chi connectivity index (χ1v) is 6.01. The number of carbonyl (C=O) groups is 2. The monoisotopic (exact) mass is 260 g/mol. The SMILES string of the molecule is C=CC(=O)N1C(=O)O[C@@H](c2ccccc2)[C@H](C)N1C. The Kier molecular flexibility index (Phi) is 3.66. The van der Waals surface area contributed by atoms with E-state index >= 15 is 0 Å². The minimum absolute atomic E-state index is 0.149. The van der Waals surface area contributed by atoms with Gasteiger partial charge in [-0.2, -0.15) is 5.01 Å². The van der Waals surface area contributed by atoms with Crippen LogP contribution in [0.4, 0.5) is 4.79 Å². The summed E-state index contributed by atoms with van der Waals surface area (Å²) in [5.74, 6) is -0.495. The van der Waals surface area contributed by atoms with Crippen LogP contribution in [0.15, 0.2) is 43.0 Å². The third-order valence-corrected chi connectivity index (χ3v) is 3.26. The van der Waals surface area contributed by atoms with Crippen molar-refractivity contribution in [1.82, 2.24) is 10.0 Å². The molecule has 1 aliphatic rings. The number of cyclic esters (lactones) is 1. The van der Waals surface area contributed by atoms with Crippen LogP contribution in [0, 0.1) is 0 Å². The Hall–Kier alpha value is -2.14. The van der Waals surface area contributed by atoms with Crippen LogP contribution >= 0.6 is 0 Å². The van der Waals surface area contributed by atoms with E-state index < -0.39 is 18.1 Å². The minimum Gasteiger partial charge on any atom is -0.438 e. The van der Waals surface area contributed by atoms with Gasteiger partial charge in [0.1, 0.15) is 6.10 Å². The minimum atomic E-state index is -0.681. The van der Waals surface area contributed by atoms with E-state index in [1.54, 1.807) is 12.1 Å². The fraction of sp³-hybridized carbons (Fsp3) is 0.286. The fourth-order valence-electron chi connectivity index (χ4n) is 2.09. The average Bonchev–Trinajstić information content (AvgIpc) is 2.43. The van der Waals surface area contributed by atoms with Crippen molar-refractivity contribution in [3.63, 3.8) is 0 Å². The molecular weight excluding hydrogens is 244 g/mol. The van der Waals surface area contributed by atoms with Crippen molar-refractivity contribution in [1.29, 1.82) is 0 Å². The summed E-state index contributed by atoms with van der Waals surface area (Å²) in [4.78, 5) is 23.6. The number of nitrogens with zero attached hydrogens (tertiary/aromatic N) is 2. The summed E-state index contributed by atoms with van der Waals surface area (Å²) >= 11 is 0. The maximum atomic E-state index is 11.9. The third-order valence-electron chi connectivity index (χ3n) is 3.26. The Morgan fingerprint density at radius 2 is 2.00 bits per heavy atom. The third kappa shape index (κ3) is 2.37. The van der Waals surface area contributed by atoms with Crippen LogP contribution in [-0.2, 0) is 9.53 Å². The van der Waals surface area contributed by atoms with Crippen LogP contribution in [0.25, 0.3) is 0 Å². The molecule has 5 heteroatoms. The van der Waals surface area contributed by atoms with Gasteiger partial charge in [-0.3, -0.25) is 4.79 Å². The molecular formula is C14H16N2O3. The molecule has 0 aliphatic carbocycles. The fourth-order valence-corrected chi connectivity index (χ4v) is 2.09. The molecule has 0 aromatic heterocycles. The van der Waals surface area contributed by atoms with Crippen LogP contribution in [-0.4, -0.2) is 35.1 Å². The molecule has 0 spiro atoms. The average molecular weight is 260 g/mol. The number of hydrogen-bond donors (Lipinski definition) is 0. The molecule has 1 aromatic carbocycles. The summed E-state index contributed by atoms with van der Waals surface area (Å²) < 4.78 is 5.37. The number of carbonyl (C=O) groups excluding carboxylic acids is 2. The first-order valence-electron chi connectivity index (χ1n) is 6.01. The van der Waals surface area contributed by atoms with Crippen LogP contribution < -0.4 is 0 Å². The van der Waals surface area contributed by atoms with Gasteiger partial charge in [0.2, 0.25) is 0 Å². The second kappa shape index (κ2) is 5.24. The molecule has 1 aliphatic heterocycles. The van der Waals surface area contributed by atoms with Gasteiger partial charge >= 0.3 is 6.09 Å². The van der Waals surface area contributed by atoms with Crippen LogP contribution in [0.3, 0.4) is 0 Å². The van der Waals surface area contributed by atoms with Crippen LogP contribution in [0.1, 0.15) is 18.6 Å². The lowest BCUT2D eigenvalue weighted by molar-refractivity contribution is -0.157. The lowest BCUT2D eigenvalue weighted by Crippen LogP contribution is -2.57. The lowest BCUT2D eigenvalue weighted by Gasteiger charge is -2.42. The number of benzene rings is 1. The predicted molar refractivity (Wildman–Crippen MR) is 69.9 cm³/mol. The Balaban J connectivity index is 2.28. The summed E-state index contributed by atoms with van der Waals surface area (Å²) in [6, 6.07) is 9.31. The zero-order chi connectivity index (χ0) is 14.0. The number of likely N-dealkylation sites (N-methyl/N-ethyl adjacent to an activating group) is 1. The van der Waals surface area contributed by atoms with Gasteiger partial charge in [0.25, 0.3) is 5.91 Å². The van der Waals surface area contributed by atoms with Crippen molar-refractivity contribution in [2.24, 2.45) is 0 Å². The van der Waals surface area contributed by atoms with Crippen molar-refractivity contribution in [2.75, 3.05) is 7.05 Å². The molecule has 1 saturated heterocycles. The summed E-state index contributed by atoms with van der Waals surface area (Å²) in [6.45, 7) is 5.28. The van der Waals surface area contributed by atoms with E-state index in [4.69, 9.17) is 4.74 Å². The van der Waals surface area contributed by atoms with Crippen molar-refractivity contribution in [3.05, 3.63) is 48.6 Å². The van der Waals surface area contributed by atoms with E-state index in [0.29, 0.717) is 0 Å². The zero-order valence-corrected chi connectivity index (χ0v) is 10.9. The van der Waals surface area contributed by atoms with Crippen molar-refractivity contribution < 1.29 is 14.3 Å². The molecule has 5 nitrogen and oxygen atoms in total. The summed E-state index contributed by atoms with van der Waals surface area (Å²) in [5, 5.41) is 2.53. The Bertz CT molecular complexity index is 501. The van der Waals surface area contributed by atoms with Gasteiger partial charge in [-0.25, -0.2) is 9.80 Å². The Labute approximate surface area is 112 Å². The first kappa shape index (κ1) is 13.3. The Morgan fingerprint density at radius 1 is 1.37 bits per heavy atom. The smallest absolute Gasteiger partial charge is 0.432 e. The molecule has 0 saturated carbocycles. The first-order chi connectivity index (χ1) is 9.06. The number of rotatable bonds is 2. The summed E-state index contributed by atoms with van der Waals surface area (Å²) in [6.07, 6.45) is 0.0137. The van der Waals surface area contributed by atoms with E-state index in [-0.39, 0.29) is 6.04 Å². The van der Waals surface area contributed by atoms with E-state index in [2.05, 4.69) is 6.58 Å². The highest BCUT2D eigenvalue weighted by Crippen LogP contribution is 2.30. The van der Waals surface area contributed by atoms with E-state index in [0.717, 1.165) is 16.6 Å². The standard InChI is InChI=1S/C14H16N2O3/c1-4-12(17)16-14(18)19-13(10(2)15(16)3)11-8-6-5-7-9-11/h4-10,13H,1H2,2-3H3/t10-,13+/m0/s1. The number of imide groups is 1. The van der Waals surface area contributed by atoms with Gasteiger partial charge in [0.05, 0.1) is 6.04 Å². The molecule has 1 heterocycles. The Morgan fingerprint density at radius 3 is 2.58 bits per heavy atom. The predicted octanol–water partition coefficient (Wildman–Crippen LogP) is 2.13. The number of amides is 2. The molecule has 2 rings (SSSR count). The molecule has 100 valence electrons. The van der Waals surface area contributed by atoms with Crippen LogP contribution in [0.2, 0.25) is 0 Å². The lowest BCUT2D eigenvalue weighted by atomic mass is 10.0. The number of hydrogen-bond acceptors (Lipinski definition) is 4. The number of hydrazine groups is 1. The van der Waals surface area contributed by atoms with Crippen molar-refractivity contribution in [2.45, 2.75) is 19.1 Å². The van der Waals surface area contributed by atoms with Gasteiger partial charge in [-0.15, -0.1) is 0 Å². The molecule has 1 fully saturated rings. The zero-order valence-electron chi connectivity index (χ0n) is 10.9. The largest absolute Gasteiger partial charge is 0.438 e. The molecule has 0 N–H and O–H groups in total. The highest BCUT2D eigenvalue weighted by atomic mass is 16.6. The van der Waals surface area contributed by atoms with Gasteiger partial charge in [0, 0.05) is 7.05 Å². The summed E-state index contributed by atoms with van der Waals surface area (Å²) in [7, 11) is 1.68. The van der Waals surface area contributed by atoms with E-state index in [1.807, 2.05) is 37.3 Å². The number of ether oxygens (including phenoxy) is 1. The normalized spacial score (nSPS) is 23.9. The second-order valence-corrected chi connectivity index (χ2v) is 4.38. The van der Waals surface area contributed by atoms with Crippen molar-refractivity contribution in [3.8, 4) is 0 Å². The second-order valence-electron chi connectivity index (χ2n) is 4.38. The highest BCUT2D eigenvalue weighted by molar-refractivity contribution is 5.98. The van der Waals surface area contributed by atoms with Gasteiger partial charge in [-0.1, -0.05) is 36.9 Å². The molecule has 2 amide bonds. The molecule has 0 bridgehead atoms. The van der Waals surface area contributed by atoms with E-state index in [9.17, 15) is 9.59 Å². The highest BCUT2D eigenvalue weighted by Gasteiger charge is 2.40. The van der Waals surface area contributed by atoms with Gasteiger partial charge in [0.15, 0.2) is 0 Å². The molecule has 2 atom stereocenters. The van der Waals surface area contributed by atoms with Crippen molar-refractivity contribution >= 4 is 12.0 Å².